The molecule has 11 heteroatoms. The van der Waals surface area contributed by atoms with Crippen molar-refractivity contribution in [3.63, 3.8) is 0 Å². The minimum absolute atomic E-state index is 0.194. The molecule has 0 aliphatic carbocycles. The van der Waals surface area contributed by atoms with Crippen LogP contribution in [0.5, 0.6) is 23.0 Å². The van der Waals surface area contributed by atoms with Crippen LogP contribution in [0.15, 0.2) is 65.2 Å². The van der Waals surface area contributed by atoms with Gasteiger partial charge in [-0.3, -0.25) is 0 Å². The fraction of sp³-hybridized carbons (Fsp3) is 0.269. The van der Waals surface area contributed by atoms with E-state index in [1.165, 1.54) is 28.4 Å². The quantitative estimate of drug-likeness (QED) is 0.271. The minimum Gasteiger partial charge on any atom is -0.497 e. The van der Waals surface area contributed by atoms with Crippen molar-refractivity contribution in [1.29, 1.82) is 0 Å². The molecule has 9 nitrogen and oxygen atoms in total. The third kappa shape index (κ3) is 5.32. The van der Waals surface area contributed by atoms with Gasteiger partial charge in [-0.05, 0) is 24.3 Å². The first-order valence-electron chi connectivity index (χ1n) is 11.2. The van der Waals surface area contributed by atoms with Crippen LogP contribution in [-0.4, -0.2) is 46.3 Å². The molecule has 1 aromatic heterocycles. The number of ether oxygens (including phenoxy) is 4. The molecule has 0 aliphatic rings. The maximum absolute atomic E-state index is 15.9. The molecule has 0 saturated carbocycles. The molecule has 37 heavy (non-hydrogen) atoms. The summed E-state index contributed by atoms with van der Waals surface area (Å²) in [4.78, 5) is 0. The number of nitrogens with zero attached hydrogens (tertiary/aromatic N) is 2. The molecule has 0 N–H and O–H groups in total. The van der Waals surface area contributed by atoms with Gasteiger partial charge in [0.2, 0.25) is 0 Å². The number of benzene rings is 3. The van der Waals surface area contributed by atoms with Gasteiger partial charge in [-0.25, -0.2) is 12.8 Å². The summed E-state index contributed by atoms with van der Waals surface area (Å²) < 4.78 is 71.0. The molecule has 196 valence electrons. The summed E-state index contributed by atoms with van der Waals surface area (Å²) in [7, 11) is 1.32. The fourth-order valence-electron chi connectivity index (χ4n) is 3.92. The number of rotatable bonds is 11. The zero-order chi connectivity index (χ0) is 26.6. The molecule has 1 unspecified atom stereocenters. The second kappa shape index (κ2) is 11.1. The first kappa shape index (κ1) is 26.2. The molecule has 0 saturated heterocycles. The van der Waals surface area contributed by atoms with Gasteiger partial charge in [0.05, 0.1) is 28.4 Å². The highest BCUT2D eigenvalue weighted by molar-refractivity contribution is 7.89. The molecule has 1 heterocycles. The highest BCUT2D eigenvalue weighted by Crippen LogP contribution is 2.36. The summed E-state index contributed by atoms with van der Waals surface area (Å²) in [6.45, 7) is -0.387. The second-order valence-electron chi connectivity index (χ2n) is 8.05. The molecule has 0 fully saturated rings. The molecule has 0 spiro atoms. The molecule has 0 aliphatic heterocycles. The van der Waals surface area contributed by atoms with Crippen molar-refractivity contribution in [2.75, 3.05) is 28.4 Å². The topological polar surface area (TPSA) is 100 Å². The number of alkyl halides is 1. The molecule has 0 radical (unpaired) electrons. The Morgan fingerprint density at radius 2 is 1.38 bits per heavy atom. The van der Waals surface area contributed by atoms with Crippen molar-refractivity contribution in [3.05, 3.63) is 77.5 Å². The van der Waals surface area contributed by atoms with Crippen LogP contribution in [0, 0.1) is 0 Å². The van der Waals surface area contributed by atoms with E-state index in [0.717, 1.165) is 4.31 Å². The summed E-state index contributed by atoms with van der Waals surface area (Å²) in [6.07, 6.45) is 0. The predicted octanol–water partition coefficient (Wildman–Crippen LogP) is 4.86. The van der Waals surface area contributed by atoms with Gasteiger partial charge in [-0.1, -0.05) is 29.4 Å². The van der Waals surface area contributed by atoms with Gasteiger partial charge in [0, 0.05) is 41.7 Å². The zero-order valence-corrected chi connectivity index (χ0v) is 21.6. The van der Waals surface area contributed by atoms with Crippen molar-refractivity contribution in [2.45, 2.75) is 18.6 Å². The van der Waals surface area contributed by atoms with Crippen LogP contribution >= 0.6 is 0 Å². The van der Waals surface area contributed by atoms with Crippen molar-refractivity contribution in [3.8, 4) is 23.0 Å². The fourth-order valence-corrected chi connectivity index (χ4v) is 5.27. The summed E-state index contributed by atoms with van der Waals surface area (Å²) in [5, 5.41) is 4.01. The van der Waals surface area contributed by atoms with Gasteiger partial charge < -0.3 is 23.5 Å². The Kier molecular flexibility index (Phi) is 7.84. The van der Waals surface area contributed by atoms with Crippen molar-refractivity contribution in [2.24, 2.45) is 0 Å². The lowest BCUT2D eigenvalue weighted by Gasteiger charge is -2.25. The molecular formula is C26H27FN2O7S. The molecule has 4 rings (SSSR count). The molecule has 3 aromatic carbocycles. The summed E-state index contributed by atoms with van der Waals surface area (Å²) in [5.41, 5.74) is -1.49. The highest BCUT2D eigenvalue weighted by atomic mass is 32.2. The average Bonchev–Trinajstić information content (AvgIpc) is 3.36. The Hall–Kier alpha value is -3.83. The summed E-state index contributed by atoms with van der Waals surface area (Å²) in [5.74, 6) is 1.85. The molecule has 0 bridgehead atoms. The van der Waals surface area contributed by atoms with E-state index in [-0.39, 0.29) is 29.8 Å². The number of halogens is 1. The number of fused-ring (bicyclic) bond motifs is 1. The lowest BCUT2D eigenvalue weighted by Crippen LogP contribution is -2.33. The normalized spacial score (nSPS) is 12.5. The van der Waals surface area contributed by atoms with Gasteiger partial charge in [-0.2, -0.15) is 4.31 Å². The maximum atomic E-state index is 15.9. The third-order valence-electron chi connectivity index (χ3n) is 5.92. The van der Waals surface area contributed by atoms with Crippen molar-refractivity contribution < 1.29 is 36.3 Å². The number of methoxy groups -OCH3 is 4. The number of para-hydroxylation sites is 1. The van der Waals surface area contributed by atoms with Crippen molar-refractivity contribution in [1.82, 2.24) is 9.46 Å². The number of hydrogen-bond donors (Lipinski definition) is 0. The Bertz CT molecular complexity index is 1430. The van der Waals surface area contributed by atoms with Crippen LogP contribution in [-0.2, 0) is 23.1 Å². The number of sulfonamides is 1. The first-order chi connectivity index (χ1) is 17.8. The van der Waals surface area contributed by atoms with Gasteiger partial charge in [-0.15, -0.1) is 0 Å². The minimum atomic E-state index is -4.62. The lowest BCUT2D eigenvalue weighted by molar-refractivity contribution is 0.327. The van der Waals surface area contributed by atoms with E-state index in [4.69, 9.17) is 23.5 Å². The predicted molar refractivity (Wildman–Crippen MR) is 135 cm³/mol. The molecule has 1 atom stereocenters. The maximum Gasteiger partial charge on any atom is 0.260 e. The Balaban J connectivity index is 1.78. The van der Waals surface area contributed by atoms with Gasteiger partial charge >= 0.3 is 0 Å². The molecule has 0 amide bonds. The van der Waals surface area contributed by atoms with Crippen LogP contribution in [0.2, 0.25) is 0 Å². The number of aromatic nitrogens is 1. The lowest BCUT2D eigenvalue weighted by atomic mass is 10.1. The molecule has 4 aromatic rings. The first-order valence-corrected chi connectivity index (χ1v) is 12.7. The van der Waals surface area contributed by atoms with Crippen LogP contribution < -0.4 is 18.9 Å². The van der Waals surface area contributed by atoms with E-state index >= 15 is 4.39 Å². The van der Waals surface area contributed by atoms with Crippen LogP contribution in [0.25, 0.3) is 11.0 Å². The Morgan fingerprint density at radius 1 is 0.838 bits per heavy atom. The second-order valence-corrected chi connectivity index (χ2v) is 10.0. The third-order valence-corrected chi connectivity index (χ3v) is 7.65. The van der Waals surface area contributed by atoms with Crippen molar-refractivity contribution >= 4 is 21.0 Å². The average molecular weight is 531 g/mol. The standard InChI is InChI=1S/C26H27FN2O7S/c1-32-19-11-9-17(23(13-19)34-3)15-29(16-18-10-12-20(33-2)14-24(18)35-4)37(30,31)26(27)25-21-7-5-6-8-22(21)36-28-25/h5-14,26H,15-16H2,1-4H3. The smallest absolute Gasteiger partial charge is 0.260 e. The van der Waals surface area contributed by atoms with Gasteiger partial charge in [0.25, 0.3) is 15.5 Å². The largest absolute Gasteiger partial charge is 0.497 e. The van der Waals surface area contributed by atoms with E-state index in [2.05, 4.69) is 5.16 Å². The monoisotopic (exact) mass is 530 g/mol. The van der Waals surface area contributed by atoms with Gasteiger partial charge in [0.15, 0.2) is 5.58 Å². The van der Waals surface area contributed by atoms with E-state index in [0.29, 0.717) is 34.1 Å². The van der Waals surface area contributed by atoms with Crippen LogP contribution in [0.4, 0.5) is 4.39 Å². The van der Waals surface area contributed by atoms with E-state index < -0.39 is 15.5 Å². The summed E-state index contributed by atoms with van der Waals surface area (Å²) in [6, 6.07) is 16.5. The van der Waals surface area contributed by atoms with E-state index in [9.17, 15) is 8.42 Å². The van der Waals surface area contributed by atoms with Gasteiger partial charge in [0.1, 0.15) is 28.7 Å². The summed E-state index contributed by atoms with van der Waals surface area (Å²) >= 11 is 0. The number of hydrogen-bond acceptors (Lipinski definition) is 8. The Labute approximate surface area is 214 Å². The van der Waals surface area contributed by atoms with E-state index in [1.54, 1.807) is 60.7 Å². The van der Waals surface area contributed by atoms with Crippen LogP contribution in [0.3, 0.4) is 0 Å². The molecular weight excluding hydrogens is 503 g/mol. The van der Waals surface area contributed by atoms with E-state index in [1.807, 2.05) is 0 Å². The highest BCUT2D eigenvalue weighted by Gasteiger charge is 2.38. The Morgan fingerprint density at radius 3 is 1.89 bits per heavy atom. The SMILES string of the molecule is COc1ccc(CN(Cc2ccc(OC)cc2OC)S(=O)(=O)C(F)c2noc3ccccc23)c(OC)c1. The van der Waals surface area contributed by atoms with Crippen LogP contribution in [0.1, 0.15) is 22.3 Å². The zero-order valence-electron chi connectivity index (χ0n) is 20.8.